The van der Waals surface area contributed by atoms with E-state index in [2.05, 4.69) is 22.1 Å². The number of aromatic nitrogens is 4. The molecule has 0 amide bonds. The molecule has 11 heteroatoms. The van der Waals surface area contributed by atoms with E-state index in [1.165, 1.54) is 7.11 Å². The van der Waals surface area contributed by atoms with Crippen LogP contribution in [0.15, 0.2) is 39.9 Å². The topological polar surface area (TPSA) is 120 Å². The standard InChI is InChI=1S/C24H26N6O5/c1-3-4-12-28-20-21(26-23(28)27-13-10-25-11-14-27)29(16-19(32)35-2)24(34)30(22(20)33)15-18(31)17-8-6-5-7-9-17/h5-9,25H,10-16H2,1-2H3. The van der Waals surface area contributed by atoms with Crippen LogP contribution >= 0.6 is 0 Å². The number of nitrogens with one attached hydrogen (secondary N) is 1. The number of Topliss-reactive ketones (excluding diaryl/α,β-unsaturated/α-hetero) is 1. The van der Waals surface area contributed by atoms with Crippen molar-refractivity contribution in [1.82, 2.24) is 24.0 Å². The first-order chi connectivity index (χ1) is 17.0. The van der Waals surface area contributed by atoms with Gasteiger partial charge in [0.1, 0.15) is 6.54 Å². The number of methoxy groups -OCH3 is 1. The molecule has 0 saturated carbocycles. The molecule has 0 aliphatic carbocycles. The number of esters is 1. The summed E-state index contributed by atoms with van der Waals surface area (Å²) in [6.07, 6.45) is 0. The van der Waals surface area contributed by atoms with Gasteiger partial charge in [0.15, 0.2) is 16.9 Å². The normalized spacial score (nSPS) is 13.4. The van der Waals surface area contributed by atoms with Crippen LogP contribution < -0.4 is 21.5 Å². The zero-order valence-corrected chi connectivity index (χ0v) is 19.6. The molecule has 1 N–H and O–H groups in total. The van der Waals surface area contributed by atoms with E-state index in [1.54, 1.807) is 41.8 Å². The molecule has 1 aliphatic heterocycles. The van der Waals surface area contributed by atoms with Crippen LogP contribution in [0.2, 0.25) is 0 Å². The molecule has 2 aromatic heterocycles. The van der Waals surface area contributed by atoms with Crippen LogP contribution in [0.5, 0.6) is 0 Å². The highest BCUT2D eigenvalue weighted by Crippen LogP contribution is 2.20. The fourth-order valence-corrected chi connectivity index (χ4v) is 4.03. The van der Waals surface area contributed by atoms with Gasteiger partial charge in [-0.2, -0.15) is 4.98 Å². The molecule has 0 bridgehead atoms. The molecule has 0 atom stereocenters. The van der Waals surface area contributed by atoms with Gasteiger partial charge in [0.2, 0.25) is 5.95 Å². The van der Waals surface area contributed by atoms with Crippen LogP contribution in [0.3, 0.4) is 0 Å². The molecule has 3 aromatic rings. The average molecular weight is 479 g/mol. The number of hydrogen-bond acceptors (Lipinski definition) is 8. The first-order valence-corrected chi connectivity index (χ1v) is 11.2. The quantitative estimate of drug-likeness (QED) is 0.283. The van der Waals surface area contributed by atoms with Crippen molar-refractivity contribution in [2.45, 2.75) is 26.6 Å². The van der Waals surface area contributed by atoms with Gasteiger partial charge in [0, 0.05) is 31.7 Å². The van der Waals surface area contributed by atoms with Gasteiger partial charge in [-0.05, 0) is 6.92 Å². The van der Waals surface area contributed by atoms with E-state index in [9.17, 15) is 19.2 Å². The molecular weight excluding hydrogens is 452 g/mol. The Kier molecular flexibility index (Phi) is 7.12. The molecule has 1 fully saturated rings. The van der Waals surface area contributed by atoms with Crippen molar-refractivity contribution >= 4 is 28.9 Å². The number of ether oxygens (including phenoxy) is 1. The molecule has 1 saturated heterocycles. The number of carbonyl (C=O) groups excluding carboxylic acids is 2. The minimum Gasteiger partial charge on any atom is -0.468 e. The molecule has 35 heavy (non-hydrogen) atoms. The maximum absolute atomic E-state index is 13.6. The molecule has 1 aliphatic rings. The Balaban J connectivity index is 1.96. The molecule has 182 valence electrons. The second-order valence-electron chi connectivity index (χ2n) is 7.96. The van der Waals surface area contributed by atoms with Gasteiger partial charge in [0.25, 0.3) is 5.56 Å². The maximum atomic E-state index is 13.6. The predicted molar refractivity (Wildman–Crippen MR) is 130 cm³/mol. The van der Waals surface area contributed by atoms with E-state index in [0.29, 0.717) is 24.6 Å². The van der Waals surface area contributed by atoms with Gasteiger partial charge >= 0.3 is 11.7 Å². The van der Waals surface area contributed by atoms with Crippen LogP contribution in [0.1, 0.15) is 17.3 Å². The summed E-state index contributed by atoms with van der Waals surface area (Å²) >= 11 is 0. The highest BCUT2D eigenvalue weighted by molar-refractivity contribution is 5.96. The number of carbonyl (C=O) groups is 2. The van der Waals surface area contributed by atoms with Gasteiger partial charge < -0.3 is 15.0 Å². The Hall–Kier alpha value is -4.17. The Labute approximate surface area is 200 Å². The number of imidazole rings is 1. The van der Waals surface area contributed by atoms with E-state index >= 15 is 0 Å². The van der Waals surface area contributed by atoms with Crippen LogP contribution in [-0.2, 0) is 29.2 Å². The third kappa shape index (κ3) is 4.74. The summed E-state index contributed by atoms with van der Waals surface area (Å²) in [6.45, 7) is 3.66. The number of piperazine rings is 1. The molecular formula is C24H26N6O5. The summed E-state index contributed by atoms with van der Waals surface area (Å²) in [4.78, 5) is 58.7. The van der Waals surface area contributed by atoms with Gasteiger partial charge in [-0.1, -0.05) is 36.3 Å². The van der Waals surface area contributed by atoms with Crippen LogP contribution in [0, 0.1) is 11.8 Å². The van der Waals surface area contributed by atoms with Crippen molar-refractivity contribution < 1.29 is 14.3 Å². The first kappa shape index (κ1) is 24.0. The lowest BCUT2D eigenvalue weighted by molar-refractivity contribution is -0.141. The number of anilines is 1. The smallest absolute Gasteiger partial charge is 0.333 e. The van der Waals surface area contributed by atoms with Gasteiger partial charge in [-0.3, -0.25) is 28.1 Å². The second kappa shape index (κ2) is 10.4. The summed E-state index contributed by atoms with van der Waals surface area (Å²) in [5, 5.41) is 3.27. The lowest BCUT2D eigenvalue weighted by Gasteiger charge is -2.28. The Morgan fingerprint density at radius 3 is 2.43 bits per heavy atom. The van der Waals surface area contributed by atoms with E-state index in [4.69, 9.17) is 4.74 Å². The fourth-order valence-electron chi connectivity index (χ4n) is 4.03. The summed E-state index contributed by atoms with van der Waals surface area (Å²) in [5.41, 5.74) is -0.950. The number of hydrogen-bond donors (Lipinski definition) is 1. The first-order valence-electron chi connectivity index (χ1n) is 11.2. The molecule has 11 nitrogen and oxygen atoms in total. The van der Waals surface area contributed by atoms with E-state index in [1.807, 2.05) is 4.90 Å². The van der Waals surface area contributed by atoms with E-state index < -0.39 is 36.1 Å². The van der Waals surface area contributed by atoms with Crippen molar-refractivity contribution in [3.63, 3.8) is 0 Å². The van der Waals surface area contributed by atoms with Gasteiger partial charge in [0.05, 0.1) is 20.2 Å². The zero-order valence-electron chi connectivity index (χ0n) is 19.6. The number of benzene rings is 1. The second-order valence-corrected chi connectivity index (χ2v) is 7.96. The highest BCUT2D eigenvalue weighted by Gasteiger charge is 2.26. The molecule has 1 aromatic carbocycles. The van der Waals surface area contributed by atoms with Crippen molar-refractivity contribution in [1.29, 1.82) is 0 Å². The summed E-state index contributed by atoms with van der Waals surface area (Å²) in [5.74, 6) is 5.17. The molecule has 0 unspecified atom stereocenters. The lowest BCUT2D eigenvalue weighted by Crippen LogP contribution is -2.44. The zero-order chi connectivity index (χ0) is 24.9. The van der Waals surface area contributed by atoms with Crippen molar-refractivity contribution in [2.75, 3.05) is 38.2 Å². The Bertz CT molecular complexity index is 1430. The number of ketones is 1. The SMILES string of the molecule is CC#CCn1c(N2CCNCC2)nc2c1c(=O)n(CC(=O)c1ccccc1)c(=O)n2CC(=O)OC. The van der Waals surface area contributed by atoms with Crippen LogP contribution in [-0.4, -0.2) is 63.7 Å². The number of fused-ring (bicyclic) bond motifs is 1. The maximum Gasteiger partial charge on any atom is 0.333 e. The molecule has 0 radical (unpaired) electrons. The summed E-state index contributed by atoms with van der Waals surface area (Å²) in [6, 6.07) is 8.40. The van der Waals surface area contributed by atoms with Gasteiger partial charge in [-0.25, -0.2) is 4.79 Å². The van der Waals surface area contributed by atoms with Crippen molar-refractivity contribution in [2.24, 2.45) is 0 Å². The van der Waals surface area contributed by atoms with E-state index in [0.717, 1.165) is 22.2 Å². The minimum absolute atomic E-state index is 0.0558. The summed E-state index contributed by atoms with van der Waals surface area (Å²) in [7, 11) is 1.21. The lowest BCUT2D eigenvalue weighted by atomic mass is 10.1. The minimum atomic E-state index is -0.810. The Morgan fingerprint density at radius 2 is 1.77 bits per heavy atom. The molecule has 3 heterocycles. The number of rotatable bonds is 7. The monoisotopic (exact) mass is 478 g/mol. The van der Waals surface area contributed by atoms with Crippen LogP contribution in [0.4, 0.5) is 5.95 Å². The third-order valence-corrected chi connectivity index (χ3v) is 5.82. The van der Waals surface area contributed by atoms with E-state index in [-0.39, 0.29) is 17.7 Å². The molecule has 4 rings (SSSR count). The van der Waals surface area contributed by atoms with Crippen molar-refractivity contribution in [3.05, 3.63) is 56.7 Å². The number of nitrogens with zero attached hydrogens (tertiary/aromatic N) is 5. The average Bonchev–Trinajstić information content (AvgIpc) is 3.28. The highest BCUT2D eigenvalue weighted by atomic mass is 16.5. The summed E-state index contributed by atoms with van der Waals surface area (Å²) < 4.78 is 8.35. The largest absolute Gasteiger partial charge is 0.468 e. The van der Waals surface area contributed by atoms with Gasteiger partial charge in [-0.15, -0.1) is 5.92 Å². The Morgan fingerprint density at radius 1 is 1.06 bits per heavy atom. The van der Waals surface area contributed by atoms with Crippen molar-refractivity contribution in [3.8, 4) is 11.8 Å². The predicted octanol–water partition coefficient (Wildman–Crippen LogP) is -0.151. The third-order valence-electron chi connectivity index (χ3n) is 5.82. The van der Waals surface area contributed by atoms with Crippen LogP contribution in [0.25, 0.3) is 11.2 Å². The fraction of sp³-hybridized carbons (Fsp3) is 0.375. The molecule has 0 spiro atoms.